The molecule has 0 rings (SSSR count). The highest BCUT2D eigenvalue weighted by Crippen LogP contribution is 2.17. The molecule has 0 radical (unpaired) electrons. The summed E-state index contributed by atoms with van der Waals surface area (Å²) in [5.41, 5.74) is 0. The summed E-state index contributed by atoms with van der Waals surface area (Å²) >= 11 is 0. The van der Waals surface area contributed by atoms with Crippen molar-refractivity contribution < 1.29 is 19.8 Å². The van der Waals surface area contributed by atoms with E-state index in [0.717, 1.165) is 25.7 Å². The Labute approximate surface area is 339 Å². The quantitative estimate of drug-likeness (QED) is 0.0478. The molecule has 0 aliphatic carbocycles. The summed E-state index contributed by atoms with van der Waals surface area (Å²) in [6, 6.07) is 0. The molecule has 0 saturated carbocycles. The molecule has 0 aromatic rings. The number of carboxylic acids is 2. The number of aliphatic carboxylic acids is 2. The lowest BCUT2D eigenvalue weighted by Gasteiger charge is -2.04. The number of carboxylic acid groups (broad SMARTS) is 2. The average molecular weight is 763 g/mol. The molecule has 4 heteroatoms. The fraction of sp³-hybridized carbons (Fsp3) is 0.920. The summed E-state index contributed by atoms with van der Waals surface area (Å²) in [6.45, 7) is 4.57. The third kappa shape index (κ3) is 57.4. The zero-order chi connectivity index (χ0) is 39.7. The van der Waals surface area contributed by atoms with Crippen LogP contribution < -0.4 is 0 Å². The maximum atomic E-state index is 10.4. The van der Waals surface area contributed by atoms with E-state index in [0.29, 0.717) is 12.8 Å². The first-order valence-corrected chi connectivity index (χ1v) is 24.6. The average Bonchev–Trinajstić information content (AvgIpc) is 3.15. The van der Waals surface area contributed by atoms with Crippen LogP contribution in [0.5, 0.6) is 0 Å². The third-order valence-electron chi connectivity index (χ3n) is 11.1. The molecule has 0 amide bonds. The lowest BCUT2D eigenvalue weighted by atomic mass is 10.0. The van der Waals surface area contributed by atoms with Gasteiger partial charge in [0.2, 0.25) is 0 Å². The number of unbranched alkanes of at least 4 members (excludes halogenated alkanes) is 39. The maximum absolute atomic E-state index is 10.4. The van der Waals surface area contributed by atoms with E-state index in [-0.39, 0.29) is 0 Å². The fourth-order valence-electron chi connectivity index (χ4n) is 7.47. The van der Waals surface area contributed by atoms with Crippen LogP contribution in [0.3, 0.4) is 0 Å². The molecule has 2 N–H and O–H groups in total. The Kier molecular flexibility index (Phi) is 52.4. The molecular formula is C50H98O4. The largest absolute Gasteiger partial charge is 0.481 e. The van der Waals surface area contributed by atoms with Crippen LogP contribution in [0.1, 0.15) is 296 Å². The lowest BCUT2D eigenvalue weighted by molar-refractivity contribution is -0.138. The number of hydrogen-bond donors (Lipinski definition) is 2. The number of rotatable bonds is 45. The Hall–Kier alpha value is -1.32. The van der Waals surface area contributed by atoms with Gasteiger partial charge in [-0.25, -0.2) is 0 Å². The van der Waals surface area contributed by atoms with Crippen molar-refractivity contribution in [2.24, 2.45) is 0 Å². The Morgan fingerprint density at radius 1 is 0.278 bits per heavy atom. The van der Waals surface area contributed by atoms with Crippen molar-refractivity contribution in [3.8, 4) is 0 Å². The monoisotopic (exact) mass is 763 g/mol. The van der Waals surface area contributed by atoms with E-state index in [2.05, 4.69) is 26.0 Å². The summed E-state index contributed by atoms with van der Waals surface area (Å²) in [4.78, 5) is 20.8. The van der Waals surface area contributed by atoms with E-state index >= 15 is 0 Å². The van der Waals surface area contributed by atoms with Crippen LogP contribution in [0.2, 0.25) is 0 Å². The van der Waals surface area contributed by atoms with Gasteiger partial charge in [0.05, 0.1) is 0 Å². The molecule has 0 unspecified atom stereocenters. The van der Waals surface area contributed by atoms with E-state index < -0.39 is 11.9 Å². The second-order valence-corrected chi connectivity index (χ2v) is 16.8. The van der Waals surface area contributed by atoms with Gasteiger partial charge in [-0.2, -0.15) is 0 Å². The molecular weight excluding hydrogens is 665 g/mol. The highest BCUT2D eigenvalue weighted by atomic mass is 16.4. The molecule has 4 nitrogen and oxygen atoms in total. The van der Waals surface area contributed by atoms with Gasteiger partial charge in [0, 0.05) is 12.8 Å². The molecule has 0 heterocycles. The summed E-state index contributed by atoms with van der Waals surface area (Å²) < 4.78 is 0. The molecule has 0 bridgehead atoms. The van der Waals surface area contributed by atoms with Crippen LogP contribution in [-0.2, 0) is 9.59 Å². The number of hydrogen-bond acceptors (Lipinski definition) is 2. The van der Waals surface area contributed by atoms with Crippen molar-refractivity contribution in [1.82, 2.24) is 0 Å². The van der Waals surface area contributed by atoms with E-state index in [1.54, 1.807) is 0 Å². The predicted octanol–water partition coefficient (Wildman–Crippen LogP) is 17.9. The van der Waals surface area contributed by atoms with Crippen LogP contribution >= 0.6 is 0 Å². The molecule has 0 spiro atoms. The van der Waals surface area contributed by atoms with E-state index in [4.69, 9.17) is 10.2 Å². The summed E-state index contributed by atoms with van der Waals surface area (Å²) in [7, 11) is 0. The molecule has 0 aliphatic heterocycles. The maximum Gasteiger partial charge on any atom is 0.303 e. The first-order valence-electron chi connectivity index (χ1n) is 24.6. The number of carbonyl (C=O) groups is 2. The van der Waals surface area contributed by atoms with Gasteiger partial charge in [-0.1, -0.05) is 257 Å². The second-order valence-electron chi connectivity index (χ2n) is 16.8. The zero-order valence-corrected chi connectivity index (χ0v) is 37.0. The van der Waals surface area contributed by atoms with Gasteiger partial charge in [0.1, 0.15) is 0 Å². The third-order valence-corrected chi connectivity index (χ3v) is 11.1. The Morgan fingerprint density at radius 3 is 0.630 bits per heavy atom. The smallest absolute Gasteiger partial charge is 0.303 e. The Morgan fingerprint density at radius 2 is 0.444 bits per heavy atom. The van der Waals surface area contributed by atoms with Crippen molar-refractivity contribution in [3.63, 3.8) is 0 Å². The minimum atomic E-state index is -0.656. The number of allylic oxidation sites excluding steroid dienone is 2. The highest BCUT2D eigenvalue weighted by molar-refractivity contribution is 5.66. The molecule has 0 aliphatic rings. The fourth-order valence-corrected chi connectivity index (χ4v) is 7.47. The molecule has 0 saturated heterocycles. The van der Waals surface area contributed by atoms with E-state index in [9.17, 15) is 9.59 Å². The van der Waals surface area contributed by atoms with Crippen molar-refractivity contribution in [1.29, 1.82) is 0 Å². The SMILES string of the molecule is CCCCCCCC/C=C\CCCCCCCCCCCC(=O)O.CCCCCCCCCCCCCCCCCCCCCCCCCCCC(=O)O. The van der Waals surface area contributed by atoms with Crippen LogP contribution in [0.15, 0.2) is 12.2 Å². The Bertz CT molecular complexity index is 732. The van der Waals surface area contributed by atoms with Crippen LogP contribution in [0.25, 0.3) is 0 Å². The normalized spacial score (nSPS) is 11.3. The highest BCUT2D eigenvalue weighted by Gasteiger charge is 1.99. The minimum Gasteiger partial charge on any atom is -0.481 e. The lowest BCUT2D eigenvalue weighted by Crippen LogP contribution is -1.93. The Balaban J connectivity index is 0. The summed E-state index contributed by atoms with van der Waals surface area (Å²) in [6.07, 6.45) is 62.1. The van der Waals surface area contributed by atoms with Crippen LogP contribution in [0, 0.1) is 0 Å². The van der Waals surface area contributed by atoms with Gasteiger partial charge in [-0.15, -0.1) is 0 Å². The second kappa shape index (κ2) is 51.7. The van der Waals surface area contributed by atoms with Gasteiger partial charge in [-0.3, -0.25) is 9.59 Å². The predicted molar refractivity (Wildman–Crippen MR) is 239 cm³/mol. The van der Waals surface area contributed by atoms with E-state index in [1.165, 1.54) is 244 Å². The summed E-state index contributed by atoms with van der Waals surface area (Å²) in [5.74, 6) is -1.31. The molecule has 0 aromatic carbocycles. The standard InChI is InChI=1S/C28H56O2.C22H42O2/c1-2-3-4-5-6-7-8-9-10-11-12-13-14-15-16-17-18-19-20-21-22-23-24-25-26-27-28(29)30;1-2-3-4-5-6-7-8-9-10-11-12-13-14-15-16-17-18-19-20-21-22(23)24/h2-27H2,1H3,(H,29,30);9-10H,2-8,11-21H2,1H3,(H,23,24)/b;10-9-. The van der Waals surface area contributed by atoms with E-state index in [1.807, 2.05) is 0 Å². The van der Waals surface area contributed by atoms with Gasteiger partial charge >= 0.3 is 11.9 Å². The van der Waals surface area contributed by atoms with Crippen LogP contribution in [-0.4, -0.2) is 22.2 Å². The molecule has 0 aromatic heterocycles. The van der Waals surface area contributed by atoms with Crippen molar-refractivity contribution in [2.45, 2.75) is 296 Å². The van der Waals surface area contributed by atoms with Gasteiger partial charge in [0.15, 0.2) is 0 Å². The molecule has 54 heavy (non-hydrogen) atoms. The molecule has 0 fully saturated rings. The van der Waals surface area contributed by atoms with Crippen molar-refractivity contribution in [2.75, 3.05) is 0 Å². The zero-order valence-electron chi connectivity index (χ0n) is 37.0. The van der Waals surface area contributed by atoms with Gasteiger partial charge < -0.3 is 10.2 Å². The van der Waals surface area contributed by atoms with Gasteiger partial charge in [-0.05, 0) is 38.5 Å². The first-order chi connectivity index (χ1) is 26.5. The minimum absolute atomic E-state index is 0.340. The molecule has 0 atom stereocenters. The first kappa shape index (κ1) is 54.8. The van der Waals surface area contributed by atoms with Crippen molar-refractivity contribution in [3.05, 3.63) is 12.2 Å². The van der Waals surface area contributed by atoms with Crippen LogP contribution in [0.4, 0.5) is 0 Å². The topological polar surface area (TPSA) is 74.6 Å². The van der Waals surface area contributed by atoms with Crippen molar-refractivity contribution >= 4 is 11.9 Å². The molecule has 322 valence electrons. The van der Waals surface area contributed by atoms with Gasteiger partial charge in [0.25, 0.3) is 0 Å². The summed E-state index contributed by atoms with van der Waals surface area (Å²) in [5, 5.41) is 17.1.